The molecule has 8 nitrogen and oxygen atoms in total. The maximum Gasteiger partial charge on any atom is 0.335 e. The van der Waals surface area contributed by atoms with Crippen molar-refractivity contribution in [3.8, 4) is 5.75 Å². The molecule has 0 fully saturated rings. The van der Waals surface area contributed by atoms with Crippen LogP contribution in [-0.4, -0.2) is 45.7 Å². The minimum absolute atomic E-state index is 0.0827. The summed E-state index contributed by atoms with van der Waals surface area (Å²) in [4.78, 5) is 15.5. The summed E-state index contributed by atoms with van der Waals surface area (Å²) in [5.74, 6) is -0.965. The average molecular weight is 566 g/mol. The van der Waals surface area contributed by atoms with E-state index in [1.165, 1.54) is 19.1 Å². The first-order chi connectivity index (χ1) is 17.1. The number of nitrogens with zero attached hydrogens (tertiary/aromatic N) is 1. The van der Waals surface area contributed by atoms with Gasteiger partial charge in [-0.1, -0.05) is 56.3 Å². The number of benzene rings is 3. The van der Waals surface area contributed by atoms with Crippen LogP contribution in [0.3, 0.4) is 0 Å². The molecule has 1 N–H and O–H groups in total. The van der Waals surface area contributed by atoms with Crippen molar-refractivity contribution < 1.29 is 30.9 Å². The highest BCUT2D eigenvalue weighted by Crippen LogP contribution is 2.49. The molecule has 0 bridgehead atoms. The van der Waals surface area contributed by atoms with Gasteiger partial charge < -0.3 is 9.64 Å². The molecule has 1 aliphatic rings. The summed E-state index contributed by atoms with van der Waals surface area (Å²) >= 11 is 0. The molecule has 1 atom stereocenters. The van der Waals surface area contributed by atoms with E-state index >= 15 is 0 Å². The van der Waals surface area contributed by atoms with Crippen LogP contribution in [-0.2, 0) is 29.4 Å². The number of hydrogen-bond donors (Lipinski definition) is 1. The molecule has 3 aromatic rings. The lowest BCUT2D eigenvalue weighted by Crippen LogP contribution is -2.50. The van der Waals surface area contributed by atoms with Crippen LogP contribution in [0, 0.1) is 13.8 Å². The Morgan fingerprint density at radius 2 is 1.73 bits per heavy atom. The van der Waals surface area contributed by atoms with E-state index in [1.807, 2.05) is 55.1 Å². The molecule has 0 saturated heterocycles. The fourth-order valence-electron chi connectivity index (χ4n) is 5.22. The molecule has 0 radical (unpaired) electrons. The van der Waals surface area contributed by atoms with Crippen LogP contribution in [0.5, 0.6) is 5.75 Å². The minimum atomic E-state index is -4.19. The summed E-state index contributed by atoms with van der Waals surface area (Å²) in [6.07, 6.45) is 0.0827. The molecular formula is C26H28ClNO7S2. The van der Waals surface area contributed by atoms with Crippen LogP contribution in [0.15, 0.2) is 53.4 Å². The van der Waals surface area contributed by atoms with E-state index in [4.69, 9.17) is 15.4 Å². The zero-order chi connectivity index (χ0) is 27.3. The number of carbonyl (C=O) groups is 1. The number of hydrogen-bond acceptors (Lipinski definition) is 7. The molecule has 1 aliphatic heterocycles. The molecular weight excluding hydrogens is 538 g/mol. The van der Waals surface area contributed by atoms with Gasteiger partial charge in [0, 0.05) is 39.3 Å². The van der Waals surface area contributed by atoms with Gasteiger partial charge in [-0.15, -0.1) is 0 Å². The Balaban J connectivity index is 1.81. The highest BCUT2D eigenvalue weighted by Gasteiger charge is 2.50. The SMILES string of the molecule is Cc1ccc(S(=O)(=O)Cl)c(C)c1OC(=O)C1N(CCCS(=O)(=O)O)c2c(ccc3ccccc23)C1(C)C. The molecule has 0 amide bonds. The normalized spacial score (nSPS) is 17.1. The second-order valence-electron chi connectivity index (χ2n) is 9.83. The van der Waals surface area contributed by atoms with Gasteiger partial charge in [-0.05, 0) is 42.8 Å². The van der Waals surface area contributed by atoms with E-state index in [1.54, 1.807) is 6.92 Å². The van der Waals surface area contributed by atoms with Crippen LogP contribution in [0.25, 0.3) is 10.8 Å². The van der Waals surface area contributed by atoms with Crippen molar-refractivity contribution in [3.05, 3.63) is 65.2 Å². The van der Waals surface area contributed by atoms with E-state index in [-0.39, 0.29) is 29.2 Å². The molecule has 0 aliphatic carbocycles. The van der Waals surface area contributed by atoms with E-state index in [0.29, 0.717) is 5.56 Å². The van der Waals surface area contributed by atoms with Gasteiger partial charge in [0.2, 0.25) is 0 Å². The van der Waals surface area contributed by atoms with Crippen LogP contribution >= 0.6 is 10.7 Å². The number of ether oxygens (including phenoxy) is 1. The lowest BCUT2D eigenvalue weighted by Gasteiger charge is -2.33. The van der Waals surface area contributed by atoms with Crippen LogP contribution in [0.4, 0.5) is 5.69 Å². The quantitative estimate of drug-likeness (QED) is 0.189. The largest absolute Gasteiger partial charge is 0.424 e. The fraction of sp³-hybridized carbons (Fsp3) is 0.346. The highest BCUT2D eigenvalue weighted by molar-refractivity contribution is 8.13. The second-order valence-corrected chi connectivity index (χ2v) is 13.9. The summed E-state index contributed by atoms with van der Waals surface area (Å²) in [7, 11) is -2.67. The van der Waals surface area contributed by atoms with Crippen molar-refractivity contribution in [1.29, 1.82) is 0 Å². The molecule has 4 rings (SSSR count). The van der Waals surface area contributed by atoms with E-state index in [0.717, 1.165) is 22.0 Å². The minimum Gasteiger partial charge on any atom is -0.424 e. The highest BCUT2D eigenvalue weighted by atomic mass is 35.7. The first-order valence-corrected chi connectivity index (χ1v) is 15.6. The zero-order valence-corrected chi connectivity index (χ0v) is 23.2. The van der Waals surface area contributed by atoms with Crippen molar-refractivity contribution in [2.75, 3.05) is 17.2 Å². The number of halogens is 1. The molecule has 3 aromatic carbocycles. The first-order valence-electron chi connectivity index (χ1n) is 11.6. The number of carbonyl (C=O) groups excluding carboxylic acids is 1. The third-order valence-electron chi connectivity index (χ3n) is 6.92. The Bertz CT molecular complexity index is 1620. The second kappa shape index (κ2) is 9.58. The number of esters is 1. The van der Waals surface area contributed by atoms with Crippen molar-refractivity contribution in [2.24, 2.45) is 0 Å². The Morgan fingerprint density at radius 3 is 2.38 bits per heavy atom. The third-order valence-corrected chi connectivity index (χ3v) is 9.19. The molecule has 11 heteroatoms. The lowest BCUT2D eigenvalue weighted by molar-refractivity contribution is -0.137. The summed E-state index contributed by atoms with van der Waals surface area (Å²) in [6.45, 7) is 7.21. The number of anilines is 1. The molecule has 198 valence electrons. The van der Waals surface area contributed by atoms with Crippen LogP contribution in [0.1, 0.15) is 37.0 Å². The third kappa shape index (κ3) is 5.20. The Kier molecular flexibility index (Phi) is 7.09. The van der Waals surface area contributed by atoms with Gasteiger partial charge in [0.25, 0.3) is 19.2 Å². The summed E-state index contributed by atoms with van der Waals surface area (Å²) < 4.78 is 62.1. The monoisotopic (exact) mass is 565 g/mol. The fourth-order valence-corrected chi connectivity index (χ4v) is 6.90. The van der Waals surface area contributed by atoms with Gasteiger partial charge in [-0.2, -0.15) is 8.42 Å². The maximum absolute atomic E-state index is 13.9. The molecule has 37 heavy (non-hydrogen) atoms. The van der Waals surface area contributed by atoms with Gasteiger partial charge in [0.05, 0.1) is 10.6 Å². The number of rotatable bonds is 7. The van der Waals surface area contributed by atoms with Crippen molar-refractivity contribution >= 4 is 52.3 Å². The van der Waals surface area contributed by atoms with Crippen molar-refractivity contribution in [1.82, 2.24) is 0 Å². The first kappa shape index (κ1) is 27.4. The Morgan fingerprint density at radius 1 is 1.05 bits per heavy atom. The van der Waals surface area contributed by atoms with Crippen molar-refractivity contribution in [2.45, 2.75) is 50.5 Å². The van der Waals surface area contributed by atoms with Crippen molar-refractivity contribution in [3.63, 3.8) is 0 Å². The van der Waals surface area contributed by atoms with E-state index in [9.17, 15) is 26.2 Å². The standard InChI is InChI=1S/C26H28ClNO7S2/c1-16-10-13-21(37(27,33)34)17(2)23(16)35-25(29)24-26(3,4)20-12-11-18-8-5-6-9-19(18)22(20)28(24)14-7-15-36(30,31)32/h5-6,8-13,24H,7,14-15H2,1-4H3,(H,30,31,32). The van der Waals surface area contributed by atoms with Crippen LogP contribution < -0.4 is 9.64 Å². The lowest BCUT2D eigenvalue weighted by atomic mass is 9.80. The summed E-state index contributed by atoms with van der Waals surface area (Å²) in [6, 6.07) is 13.7. The molecule has 0 saturated carbocycles. The van der Waals surface area contributed by atoms with Gasteiger partial charge in [0.15, 0.2) is 0 Å². The topological polar surface area (TPSA) is 118 Å². The smallest absolute Gasteiger partial charge is 0.335 e. The zero-order valence-electron chi connectivity index (χ0n) is 20.9. The number of aryl methyl sites for hydroxylation is 1. The molecule has 1 heterocycles. The molecule has 1 unspecified atom stereocenters. The van der Waals surface area contributed by atoms with Gasteiger partial charge in [0.1, 0.15) is 11.8 Å². The van der Waals surface area contributed by atoms with Crippen LogP contribution in [0.2, 0.25) is 0 Å². The van der Waals surface area contributed by atoms with E-state index in [2.05, 4.69) is 0 Å². The maximum atomic E-state index is 13.9. The Hall–Kier alpha value is -2.66. The van der Waals surface area contributed by atoms with Gasteiger partial charge in [-0.3, -0.25) is 4.55 Å². The molecule has 0 spiro atoms. The van der Waals surface area contributed by atoms with Gasteiger partial charge >= 0.3 is 5.97 Å². The predicted molar refractivity (Wildman–Crippen MR) is 144 cm³/mol. The summed E-state index contributed by atoms with van der Waals surface area (Å²) in [5, 5.41) is 1.86. The predicted octanol–water partition coefficient (Wildman–Crippen LogP) is 4.73. The summed E-state index contributed by atoms with van der Waals surface area (Å²) in [5.41, 5.74) is 1.73. The average Bonchev–Trinajstić information content (AvgIpc) is 3.01. The van der Waals surface area contributed by atoms with E-state index < -0.39 is 42.3 Å². The Labute approximate surface area is 221 Å². The molecule has 0 aromatic heterocycles. The number of fused-ring (bicyclic) bond motifs is 3. The van der Waals surface area contributed by atoms with Gasteiger partial charge in [-0.25, -0.2) is 13.2 Å².